The third-order valence-corrected chi connectivity index (χ3v) is 6.34. The summed E-state index contributed by atoms with van der Waals surface area (Å²) in [7, 11) is 0. The van der Waals surface area contributed by atoms with Crippen molar-refractivity contribution in [3.8, 4) is 11.4 Å². The number of thioether (sulfide) groups is 1. The smallest absolute Gasteiger partial charge is 0.192 e. The maximum atomic E-state index is 5.59. The Morgan fingerprint density at radius 3 is 2.83 bits per heavy atom. The van der Waals surface area contributed by atoms with Crippen LogP contribution in [0.3, 0.4) is 0 Å². The van der Waals surface area contributed by atoms with E-state index in [0.717, 1.165) is 52.4 Å². The van der Waals surface area contributed by atoms with Crippen LogP contribution >= 0.6 is 11.8 Å². The fourth-order valence-electron chi connectivity index (χ4n) is 3.81. The van der Waals surface area contributed by atoms with Crippen molar-refractivity contribution in [3.63, 3.8) is 0 Å². The van der Waals surface area contributed by atoms with Gasteiger partial charge in [0.25, 0.3) is 0 Å². The lowest BCUT2D eigenvalue weighted by atomic mass is 9.97. The van der Waals surface area contributed by atoms with E-state index in [9.17, 15) is 0 Å². The maximum Gasteiger partial charge on any atom is 0.192 e. The Morgan fingerprint density at radius 1 is 1.07 bits per heavy atom. The van der Waals surface area contributed by atoms with Crippen molar-refractivity contribution in [1.82, 2.24) is 19.9 Å². The number of aromatic nitrogens is 4. The van der Waals surface area contributed by atoms with Crippen LogP contribution in [0.25, 0.3) is 11.4 Å². The second kappa shape index (κ2) is 7.91. The zero-order valence-electron chi connectivity index (χ0n) is 16.3. The highest BCUT2D eigenvalue weighted by Gasteiger charge is 2.21. The van der Waals surface area contributed by atoms with E-state index in [0.29, 0.717) is 6.54 Å². The summed E-state index contributed by atoms with van der Waals surface area (Å²) in [6.45, 7) is 2.68. The van der Waals surface area contributed by atoms with Gasteiger partial charge < -0.3 is 8.94 Å². The molecule has 0 radical (unpaired) electrons. The SMILES string of the molecule is Cc1ccccc1-c1nnc(SCc2noc3c2CCCC3)n1Cc1ccco1. The van der Waals surface area contributed by atoms with Gasteiger partial charge in [0.1, 0.15) is 11.5 Å². The van der Waals surface area contributed by atoms with Crippen molar-refractivity contribution in [2.24, 2.45) is 0 Å². The van der Waals surface area contributed by atoms with Crippen LogP contribution in [0.15, 0.2) is 56.8 Å². The predicted molar refractivity (Wildman–Crippen MR) is 111 cm³/mol. The van der Waals surface area contributed by atoms with Gasteiger partial charge in [-0.25, -0.2) is 0 Å². The first-order chi connectivity index (χ1) is 14.3. The third-order valence-electron chi connectivity index (χ3n) is 5.37. The Morgan fingerprint density at radius 2 is 1.97 bits per heavy atom. The molecular formula is C22H22N4O2S. The van der Waals surface area contributed by atoms with Crippen molar-refractivity contribution < 1.29 is 8.94 Å². The highest BCUT2D eigenvalue weighted by molar-refractivity contribution is 7.98. The van der Waals surface area contributed by atoms with Gasteiger partial charge in [-0.15, -0.1) is 10.2 Å². The largest absolute Gasteiger partial charge is 0.467 e. The average Bonchev–Trinajstić information content (AvgIpc) is 3.48. The maximum absolute atomic E-state index is 5.59. The summed E-state index contributed by atoms with van der Waals surface area (Å²) in [6.07, 6.45) is 6.15. The summed E-state index contributed by atoms with van der Waals surface area (Å²) < 4.78 is 13.3. The second-order valence-corrected chi connectivity index (χ2v) is 8.26. The topological polar surface area (TPSA) is 69.9 Å². The molecule has 0 bridgehead atoms. The van der Waals surface area contributed by atoms with E-state index in [2.05, 4.69) is 39.0 Å². The summed E-state index contributed by atoms with van der Waals surface area (Å²) in [5, 5.41) is 14.2. The Hall–Kier alpha value is -2.80. The summed E-state index contributed by atoms with van der Waals surface area (Å²) in [4.78, 5) is 0. The van der Waals surface area contributed by atoms with Crippen molar-refractivity contribution in [3.05, 3.63) is 71.0 Å². The lowest BCUT2D eigenvalue weighted by Gasteiger charge is -2.11. The number of hydrogen-bond donors (Lipinski definition) is 0. The van der Waals surface area contributed by atoms with E-state index in [1.54, 1.807) is 18.0 Å². The summed E-state index contributed by atoms with van der Waals surface area (Å²) in [6, 6.07) is 12.1. The Bertz CT molecular complexity index is 1110. The Kier molecular flexibility index (Phi) is 4.97. The predicted octanol–water partition coefficient (Wildman–Crippen LogP) is 5.05. The molecule has 6 nitrogen and oxygen atoms in total. The third kappa shape index (κ3) is 3.62. The fraction of sp³-hybridized carbons (Fsp3) is 0.318. The number of rotatable bonds is 6. The van der Waals surface area contributed by atoms with Crippen LogP contribution in [0.1, 0.15) is 41.2 Å². The summed E-state index contributed by atoms with van der Waals surface area (Å²) in [5.41, 5.74) is 4.58. The van der Waals surface area contributed by atoms with E-state index in [1.165, 1.54) is 24.0 Å². The Balaban J connectivity index is 1.46. The number of fused-ring (bicyclic) bond motifs is 1. The number of aryl methyl sites for hydroxylation is 2. The van der Waals surface area contributed by atoms with Crippen LogP contribution in [0.2, 0.25) is 0 Å². The highest BCUT2D eigenvalue weighted by atomic mass is 32.2. The molecule has 0 N–H and O–H groups in total. The summed E-state index contributed by atoms with van der Waals surface area (Å²) >= 11 is 1.65. The van der Waals surface area contributed by atoms with Gasteiger partial charge in [-0.3, -0.25) is 4.57 Å². The van der Waals surface area contributed by atoms with Crippen molar-refractivity contribution >= 4 is 11.8 Å². The Labute approximate surface area is 173 Å². The highest BCUT2D eigenvalue weighted by Crippen LogP contribution is 2.31. The molecule has 0 saturated heterocycles. The van der Waals surface area contributed by atoms with Crippen LogP contribution in [-0.2, 0) is 25.1 Å². The lowest BCUT2D eigenvalue weighted by Crippen LogP contribution is -2.05. The van der Waals surface area contributed by atoms with Gasteiger partial charge in [-0.1, -0.05) is 41.2 Å². The molecule has 1 aliphatic carbocycles. The van der Waals surface area contributed by atoms with Crippen LogP contribution < -0.4 is 0 Å². The zero-order valence-corrected chi connectivity index (χ0v) is 17.1. The molecule has 29 heavy (non-hydrogen) atoms. The number of furan rings is 1. The van der Waals surface area contributed by atoms with Crippen LogP contribution in [0.4, 0.5) is 0 Å². The molecule has 0 atom stereocenters. The molecule has 7 heteroatoms. The molecule has 0 aliphatic heterocycles. The van der Waals surface area contributed by atoms with Gasteiger partial charge in [0, 0.05) is 23.3 Å². The molecule has 0 spiro atoms. The van der Waals surface area contributed by atoms with Crippen molar-refractivity contribution in [2.45, 2.75) is 50.1 Å². The van der Waals surface area contributed by atoms with Gasteiger partial charge in [-0.05, 0) is 43.9 Å². The normalized spacial score (nSPS) is 13.6. The van der Waals surface area contributed by atoms with Crippen molar-refractivity contribution in [2.75, 3.05) is 0 Å². The minimum absolute atomic E-state index is 0.586. The zero-order chi connectivity index (χ0) is 19.6. The molecule has 0 saturated carbocycles. The number of hydrogen-bond acceptors (Lipinski definition) is 6. The van der Waals surface area contributed by atoms with Gasteiger partial charge in [0.15, 0.2) is 11.0 Å². The van der Waals surface area contributed by atoms with E-state index in [1.807, 2.05) is 24.3 Å². The molecule has 3 heterocycles. The van der Waals surface area contributed by atoms with Gasteiger partial charge in [0.2, 0.25) is 0 Å². The van der Waals surface area contributed by atoms with E-state index in [4.69, 9.17) is 8.94 Å². The second-order valence-electron chi connectivity index (χ2n) is 7.31. The standard InChI is InChI=1S/C22H22N4O2S/c1-15-7-2-3-9-17(15)21-23-24-22(26(21)13-16-8-6-12-27-16)29-14-19-18-10-4-5-11-20(18)28-25-19/h2-3,6-9,12H,4-5,10-11,13-14H2,1H3. The first-order valence-corrected chi connectivity index (χ1v) is 10.9. The van der Waals surface area contributed by atoms with Crippen LogP contribution in [0.5, 0.6) is 0 Å². The molecular weight excluding hydrogens is 384 g/mol. The molecule has 3 aromatic heterocycles. The first kappa shape index (κ1) is 18.2. The number of nitrogens with zero attached hydrogens (tertiary/aromatic N) is 4. The molecule has 148 valence electrons. The minimum atomic E-state index is 0.586. The van der Waals surface area contributed by atoms with Crippen molar-refractivity contribution in [1.29, 1.82) is 0 Å². The first-order valence-electron chi connectivity index (χ1n) is 9.90. The van der Waals surface area contributed by atoms with E-state index in [-0.39, 0.29) is 0 Å². The average molecular weight is 407 g/mol. The molecule has 0 amide bonds. The van der Waals surface area contributed by atoms with Gasteiger partial charge in [-0.2, -0.15) is 0 Å². The van der Waals surface area contributed by atoms with Crippen LogP contribution in [0, 0.1) is 6.92 Å². The molecule has 4 aromatic rings. The lowest BCUT2D eigenvalue weighted by molar-refractivity contribution is 0.369. The van der Waals surface area contributed by atoms with Gasteiger partial charge >= 0.3 is 0 Å². The van der Waals surface area contributed by atoms with E-state index >= 15 is 0 Å². The molecule has 5 rings (SSSR count). The quantitative estimate of drug-likeness (QED) is 0.417. The number of benzene rings is 1. The molecule has 1 aromatic carbocycles. The van der Waals surface area contributed by atoms with E-state index < -0.39 is 0 Å². The minimum Gasteiger partial charge on any atom is -0.467 e. The summed E-state index contributed by atoms with van der Waals surface area (Å²) in [5.74, 6) is 3.51. The fourth-order valence-corrected chi connectivity index (χ4v) is 4.71. The molecule has 0 fully saturated rings. The monoisotopic (exact) mass is 406 g/mol. The molecule has 0 unspecified atom stereocenters. The molecule has 1 aliphatic rings. The van der Waals surface area contributed by atoms with Crippen LogP contribution in [-0.4, -0.2) is 19.9 Å². The van der Waals surface area contributed by atoms with Gasteiger partial charge in [0.05, 0.1) is 18.5 Å².